The molecular weight excluding hydrogens is 327 g/mol. The average Bonchev–Trinajstić information content (AvgIpc) is 2.83. The highest BCUT2D eigenvalue weighted by molar-refractivity contribution is 6.30. The van der Waals surface area contributed by atoms with Gasteiger partial charge in [0.2, 0.25) is 0 Å². The molecule has 2 aromatic rings. The lowest BCUT2D eigenvalue weighted by atomic mass is 10.2. The minimum atomic E-state index is -0.323. The summed E-state index contributed by atoms with van der Waals surface area (Å²) in [6.07, 6.45) is 0.931. The Balaban J connectivity index is 1.59. The van der Waals surface area contributed by atoms with E-state index in [9.17, 15) is 9.18 Å². The van der Waals surface area contributed by atoms with Crippen molar-refractivity contribution in [3.05, 3.63) is 70.5 Å². The van der Waals surface area contributed by atoms with E-state index in [2.05, 4.69) is 4.90 Å². The van der Waals surface area contributed by atoms with Crippen molar-refractivity contribution < 1.29 is 9.18 Å². The fraction of sp³-hybridized carbons (Fsp3) is 0.316. The maximum atomic E-state index is 13.0. The second kappa shape index (κ2) is 7.77. The zero-order valence-corrected chi connectivity index (χ0v) is 14.2. The van der Waals surface area contributed by atoms with Crippen LogP contribution in [0.2, 0.25) is 5.02 Å². The zero-order valence-electron chi connectivity index (χ0n) is 13.4. The molecule has 0 unspecified atom stereocenters. The molecule has 24 heavy (non-hydrogen) atoms. The molecule has 1 fully saturated rings. The molecule has 1 aliphatic rings. The fourth-order valence-electron chi connectivity index (χ4n) is 2.96. The highest BCUT2D eigenvalue weighted by atomic mass is 35.5. The van der Waals surface area contributed by atoms with E-state index >= 15 is 0 Å². The molecule has 3 rings (SSSR count). The van der Waals surface area contributed by atoms with Crippen molar-refractivity contribution in [2.75, 3.05) is 26.2 Å². The van der Waals surface area contributed by atoms with Gasteiger partial charge in [0, 0.05) is 43.3 Å². The molecule has 1 heterocycles. The summed E-state index contributed by atoms with van der Waals surface area (Å²) in [5.74, 6) is -0.347. The third-order valence-electron chi connectivity index (χ3n) is 4.29. The van der Waals surface area contributed by atoms with E-state index in [1.54, 1.807) is 12.1 Å². The molecule has 0 N–H and O–H groups in total. The number of nitrogens with zero attached hydrogens (tertiary/aromatic N) is 2. The summed E-state index contributed by atoms with van der Waals surface area (Å²) in [4.78, 5) is 16.7. The van der Waals surface area contributed by atoms with E-state index in [1.165, 1.54) is 17.7 Å². The molecule has 0 spiro atoms. The van der Waals surface area contributed by atoms with Crippen LogP contribution in [0.3, 0.4) is 0 Å². The molecule has 3 nitrogen and oxygen atoms in total. The van der Waals surface area contributed by atoms with Crippen LogP contribution in [-0.4, -0.2) is 41.9 Å². The summed E-state index contributed by atoms with van der Waals surface area (Å²) in [5, 5.41) is 0.741. The smallest absolute Gasteiger partial charge is 0.253 e. The van der Waals surface area contributed by atoms with Crippen LogP contribution in [0.25, 0.3) is 0 Å². The van der Waals surface area contributed by atoms with Gasteiger partial charge in [0.15, 0.2) is 0 Å². The van der Waals surface area contributed by atoms with E-state index in [-0.39, 0.29) is 11.7 Å². The standard InChI is InChI=1S/C19H20ClFN2O/c20-17-6-2-15(3-7-17)14-22-10-1-11-23(13-12-22)19(24)16-4-8-18(21)9-5-16/h2-9H,1,10-14H2. The maximum Gasteiger partial charge on any atom is 0.253 e. The van der Waals surface area contributed by atoms with Gasteiger partial charge in [-0.1, -0.05) is 23.7 Å². The summed E-state index contributed by atoms with van der Waals surface area (Å²) >= 11 is 5.92. The number of hydrogen-bond donors (Lipinski definition) is 0. The lowest BCUT2D eigenvalue weighted by molar-refractivity contribution is 0.0761. The number of benzene rings is 2. The molecule has 0 aromatic heterocycles. The molecule has 126 valence electrons. The molecular formula is C19H20ClFN2O. The minimum Gasteiger partial charge on any atom is -0.337 e. The number of rotatable bonds is 3. The van der Waals surface area contributed by atoms with Crippen LogP contribution in [0.5, 0.6) is 0 Å². The van der Waals surface area contributed by atoms with E-state index in [0.29, 0.717) is 12.1 Å². The van der Waals surface area contributed by atoms with E-state index in [1.807, 2.05) is 29.2 Å². The van der Waals surface area contributed by atoms with Gasteiger partial charge in [0.05, 0.1) is 0 Å². The van der Waals surface area contributed by atoms with Crippen LogP contribution in [-0.2, 0) is 6.54 Å². The molecule has 0 radical (unpaired) electrons. The van der Waals surface area contributed by atoms with E-state index < -0.39 is 0 Å². The summed E-state index contributed by atoms with van der Waals surface area (Å²) in [5.41, 5.74) is 1.76. The Kier molecular flexibility index (Phi) is 5.48. The van der Waals surface area contributed by atoms with Crippen LogP contribution in [0.15, 0.2) is 48.5 Å². The Hall–Kier alpha value is -1.91. The van der Waals surface area contributed by atoms with Crippen molar-refractivity contribution in [3.8, 4) is 0 Å². The number of carbonyl (C=O) groups is 1. The topological polar surface area (TPSA) is 23.6 Å². The third-order valence-corrected chi connectivity index (χ3v) is 4.54. The SMILES string of the molecule is O=C(c1ccc(F)cc1)N1CCCN(Cc2ccc(Cl)cc2)CC1. The predicted octanol–water partition coefficient (Wildman–Crippen LogP) is 3.83. The second-order valence-electron chi connectivity index (χ2n) is 6.06. The van der Waals surface area contributed by atoms with E-state index in [4.69, 9.17) is 11.6 Å². The van der Waals surface area contributed by atoms with Gasteiger partial charge < -0.3 is 4.90 Å². The summed E-state index contributed by atoms with van der Waals surface area (Å²) in [6.45, 7) is 4.05. The average molecular weight is 347 g/mol. The summed E-state index contributed by atoms with van der Waals surface area (Å²) in [6, 6.07) is 13.6. The van der Waals surface area contributed by atoms with Crippen molar-refractivity contribution in [1.29, 1.82) is 0 Å². The molecule has 1 amide bonds. The van der Waals surface area contributed by atoms with Crippen LogP contribution in [0.1, 0.15) is 22.3 Å². The van der Waals surface area contributed by atoms with Crippen LogP contribution in [0.4, 0.5) is 4.39 Å². The first-order chi connectivity index (χ1) is 11.6. The maximum absolute atomic E-state index is 13.0. The third kappa shape index (κ3) is 4.34. The Bertz CT molecular complexity index is 688. The zero-order chi connectivity index (χ0) is 16.9. The van der Waals surface area contributed by atoms with Crippen LogP contribution < -0.4 is 0 Å². The Labute approximate surface area is 146 Å². The Morgan fingerprint density at radius 3 is 2.38 bits per heavy atom. The van der Waals surface area contributed by atoms with Crippen molar-refractivity contribution in [2.24, 2.45) is 0 Å². The van der Waals surface area contributed by atoms with Gasteiger partial charge in [-0.3, -0.25) is 9.69 Å². The predicted molar refractivity (Wildman–Crippen MR) is 93.6 cm³/mol. The van der Waals surface area contributed by atoms with Gasteiger partial charge >= 0.3 is 0 Å². The molecule has 0 saturated carbocycles. The molecule has 0 bridgehead atoms. The molecule has 0 atom stereocenters. The van der Waals surface area contributed by atoms with Crippen molar-refractivity contribution in [3.63, 3.8) is 0 Å². The highest BCUT2D eigenvalue weighted by Crippen LogP contribution is 2.14. The first kappa shape index (κ1) is 16.9. The first-order valence-corrected chi connectivity index (χ1v) is 8.51. The highest BCUT2D eigenvalue weighted by Gasteiger charge is 2.20. The number of halogens is 2. The van der Waals surface area contributed by atoms with Crippen LogP contribution >= 0.6 is 11.6 Å². The normalized spacial score (nSPS) is 16.0. The largest absolute Gasteiger partial charge is 0.337 e. The van der Waals surface area contributed by atoms with Crippen molar-refractivity contribution >= 4 is 17.5 Å². The Morgan fingerprint density at radius 1 is 0.958 bits per heavy atom. The lowest BCUT2D eigenvalue weighted by Crippen LogP contribution is -2.35. The first-order valence-electron chi connectivity index (χ1n) is 8.13. The molecule has 1 aliphatic heterocycles. The monoisotopic (exact) mass is 346 g/mol. The molecule has 0 aliphatic carbocycles. The number of carbonyl (C=O) groups excluding carboxylic acids is 1. The van der Waals surface area contributed by atoms with Gasteiger partial charge in [-0.2, -0.15) is 0 Å². The minimum absolute atomic E-state index is 0.0247. The van der Waals surface area contributed by atoms with Gasteiger partial charge in [0.1, 0.15) is 5.82 Å². The van der Waals surface area contributed by atoms with Gasteiger partial charge in [-0.25, -0.2) is 4.39 Å². The lowest BCUT2D eigenvalue weighted by Gasteiger charge is -2.22. The second-order valence-corrected chi connectivity index (χ2v) is 6.49. The van der Waals surface area contributed by atoms with Gasteiger partial charge in [0.25, 0.3) is 5.91 Å². The van der Waals surface area contributed by atoms with E-state index in [0.717, 1.165) is 37.6 Å². The molecule has 5 heteroatoms. The Morgan fingerprint density at radius 2 is 1.67 bits per heavy atom. The number of amides is 1. The summed E-state index contributed by atoms with van der Waals surface area (Å²) in [7, 11) is 0. The van der Waals surface area contributed by atoms with Gasteiger partial charge in [-0.05, 0) is 48.4 Å². The van der Waals surface area contributed by atoms with Crippen LogP contribution in [0, 0.1) is 5.82 Å². The quantitative estimate of drug-likeness (QED) is 0.843. The number of hydrogen-bond acceptors (Lipinski definition) is 2. The summed E-state index contributed by atoms with van der Waals surface area (Å²) < 4.78 is 13.0. The molecule has 2 aromatic carbocycles. The molecule has 1 saturated heterocycles. The fourth-order valence-corrected chi connectivity index (χ4v) is 3.08. The van der Waals surface area contributed by atoms with Crippen molar-refractivity contribution in [1.82, 2.24) is 9.80 Å². The van der Waals surface area contributed by atoms with Crippen molar-refractivity contribution in [2.45, 2.75) is 13.0 Å². The van der Waals surface area contributed by atoms with Gasteiger partial charge in [-0.15, -0.1) is 0 Å².